The molecule has 1 nitrogen and oxygen atoms in total. The highest BCUT2D eigenvalue weighted by molar-refractivity contribution is 8.08. The van der Waals surface area contributed by atoms with Crippen molar-refractivity contribution >= 4 is 25.3 Å². The van der Waals surface area contributed by atoms with Crippen molar-refractivity contribution in [3.8, 4) is 0 Å². The van der Waals surface area contributed by atoms with Crippen LogP contribution in [0.3, 0.4) is 0 Å². The van der Waals surface area contributed by atoms with E-state index < -0.39 is 7.14 Å². The molecule has 3 aromatic carbocycles. The van der Waals surface area contributed by atoms with Gasteiger partial charge >= 0.3 is 0 Å². The molecule has 3 heteroatoms. The van der Waals surface area contributed by atoms with E-state index in [0.717, 1.165) is 0 Å². The minimum absolute atomic E-state index is 0.0912. The molecule has 0 amide bonds. The van der Waals surface area contributed by atoms with Gasteiger partial charge in [-0.15, -0.1) is 0 Å². The minimum Gasteiger partial charge on any atom is -0.396 e. The number of hydrogen-bond donors (Lipinski definition) is 1. The Morgan fingerprint density at radius 2 is 1.12 bits per heavy atom. The van der Waals surface area contributed by atoms with Gasteiger partial charge in [0.15, 0.2) is 0 Å². The second-order valence-corrected chi connectivity index (χ2v) is 9.10. The maximum absolute atomic E-state index is 9.72. The van der Waals surface area contributed by atoms with Crippen LogP contribution in [0.15, 0.2) is 91.0 Å². The Labute approximate surface area is 146 Å². The zero-order valence-electron chi connectivity index (χ0n) is 13.6. The van der Waals surface area contributed by atoms with Crippen molar-refractivity contribution in [3.63, 3.8) is 0 Å². The molecule has 0 aliphatic heterocycles. The topological polar surface area (TPSA) is 20.2 Å². The summed E-state index contributed by atoms with van der Waals surface area (Å²) in [6.07, 6.45) is 0.651. The van der Waals surface area contributed by atoms with E-state index in [0.29, 0.717) is 6.42 Å². The highest BCUT2D eigenvalue weighted by Gasteiger charge is 2.34. The van der Waals surface area contributed by atoms with Gasteiger partial charge in [0.25, 0.3) is 0 Å². The summed E-state index contributed by atoms with van der Waals surface area (Å²) in [5, 5.41) is 12.0. The average molecular weight is 331 g/mol. The monoisotopic (exact) mass is 331 g/mol. The second-order valence-electron chi connectivity index (χ2n) is 5.89. The molecule has 119 valence electrons. The van der Waals surface area contributed by atoms with Gasteiger partial charge in [0.1, 0.15) is 0 Å². The number of rotatable bonds is 6. The fourth-order valence-corrected chi connectivity index (χ4v) is 6.78. The largest absolute Gasteiger partial charge is 0.396 e. The molecule has 0 heterocycles. The maximum Gasteiger partial charge on any atom is 0.0582 e. The maximum atomic E-state index is 9.72. The summed E-state index contributed by atoms with van der Waals surface area (Å²) in [4.78, 5) is 0. The molecule has 1 N–H and O–H groups in total. The van der Waals surface area contributed by atoms with E-state index >= 15 is 0 Å². The Morgan fingerprint density at radius 3 is 1.54 bits per heavy atom. The lowest BCUT2D eigenvalue weighted by Gasteiger charge is -2.44. The highest BCUT2D eigenvalue weighted by Crippen LogP contribution is 2.65. The molecule has 0 aromatic heterocycles. The standard InChI is InChI=1S/C21H21BOP/c22-24(19-12-6-2-7-13-19,20-14-8-3-9-15-20)21(16-17-23)18-10-4-1-5-11-18/h1-15,21,23H,16-17H2/t21-/m0/s1. The number of benzene rings is 3. The first kappa shape index (κ1) is 17.0. The quantitative estimate of drug-likeness (QED) is 0.537. The fourth-order valence-electron chi connectivity index (χ4n) is 3.26. The number of aliphatic hydroxyl groups is 1. The zero-order valence-corrected chi connectivity index (χ0v) is 14.5. The van der Waals surface area contributed by atoms with Crippen LogP contribution in [-0.2, 0) is 0 Å². The smallest absolute Gasteiger partial charge is 0.0582 e. The van der Waals surface area contributed by atoms with Crippen molar-refractivity contribution < 1.29 is 5.11 Å². The van der Waals surface area contributed by atoms with Crippen LogP contribution >= 0.6 is 7.14 Å². The average Bonchev–Trinajstić information content (AvgIpc) is 2.67. The van der Waals surface area contributed by atoms with Crippen molar-refractivity contribution in [2.75, 3.05) is 6.61 Å². The Bertz CT molecular complexity index is 707. The van der Waals surface area contributed by atoms with E-state index in [-0.39, 0.29) is 12.3 Å². The Morgan fingerprint density at radius 1 is 0.708 bits per heavy atom. The van der Waals surface area contributed by atoms with Crippen molar-refractivity contribution in [2.24, 2.45) is 0 Å². The third-order valence-electron chi connectivity index (χ3n) is 4.45. The molecule has 0 unspecified atom stereocenters. The van der Waals surface area contributed by atoms with Crippen LogP contribution in [-0.4, -0.2) is 19.3 Å². The van der Waals surface area contributed by atoms with Crippen molar-refractivity contribution in [3.05, 3.63) is 96.6 Å². The van der Waals surface area contributed by atoms with Crippen LogP contribution in [0, 0.1) is 0 Å². The van der Waals surface area contributed by atoms with Gasteiger partial charge in [-0.2, -0.15) is 7.14 Å². The Hall–Kier alpha value is -1.89. The first-order valence-corrected chi connectivity index (χ1v) is 10.1. The van der Waals surface area contributed by atoms with E-state index in [2.05, 4.69) is 36.4 Å². The van der Waals surface area contributed by atoms with Crippen molar-refractivity contribution in [1.29, 1.82) is 0 Å². The van der Waals surface area contributed by atoms with Gasteiger partial charge in [0.05, 0.1) is 5.66 Å². The summed E-state index contributed by atoms with van der Waals surface area (Å²) >= 11 is 0. The molecule has 1 atom stereocenters. The summed E-state index contributed by atoms with van der Waals surface area (Å²) in [5.41, 5.74) is 1.28. The van der Waals surface area contributed by atoms with Crippen molar-refractivity contribution in [1.82, 2.24) is 0 Å². The molecule has 0 fully saturated rings. The summed E-state index contributed by atoms with van der Waals surface area (Å²) in [5.74, 6) is 0. The van der Waals surface area contributed by atoms with Crippen LogP contribution in [0.4, 0.5) is 0 Å². The lowest BCUT2D eigenvalue weighted by Crippen LogP contribution is -2.28. The van der Waals surface area contributed by atoms with Gasteiger partial charge in [-0.3, -0.25) is 7.57 Å². The minimum atomic E-state index is -2.18. The van der Waals surface area contributed by atoms with Gasteiger partial charge in [-0.25, -0.2) is 0 Å². The van der Waals surface area contributed by atoms with Gasteiger partial charge in [0, 0.05) is 23.6 Å². The molecule has 0 saturated heterocycles. The highest BCUT2D eigenvalue weighted by atomic mass is 31.2. The molecule has 24 heavy (non-hydrogen) atoms. The van der Waals surface area contributed by atoms with Crippen LogP contribution in [0.25, 0.3) is 0 Å². The van der Waals surface area contributed by atoms with Gasteiger partial charge < -0.3 is 5.11 Å². The molecule has 0 aliphatic rings. The zero-order chi connectivity index (χ0) is 16.8. The SMILES string of the molecule is [B-][P+](c1ccccc1)(c1ccccc1)[C@@H](CCO)c1ccccc1. The van der Waals surface area contributed by atoms with Crippen LogP contribution in [0.2, 0.25) is 0 Å². The lowest BCUT2D eigenvalue weighted by molar-refractivity contribution is 0.287. The normalized spacial score (nSPS) is 12.8. The summed E-state index contributed by atoms with van der Waals surface area (Å²) < 4.78 is 0. The molecular weight excluding hydrogens is 310 g/mol. The van der Waals surface area contributed by atoms with E-state index in [1.54, 1.807) is 0 Å². The van der Waals surface area contributed by atoms with E-state index in [4.69, 9.17) is 7.57 Å². The first-order chi connectivity index (χ1) is 11.8. The first-order valence-electron chi connectivity index (χ1n) is 8.21. The van der Waals surface area contributed by atoms with E-state index in [1.165, 1.54) is 16.2 Å². The predicted octanol–water partition coefficient (Wildman–Crippen LogP) is 3.86. The summed E-state index contributed by atoms with van der Waals surface area (Å²) in [6.45, 7) is 0.123. The predicted molar refractivity (Wildman–Crippen MR) is 106 cm³/mol. The Kier molecular flexibility index (Phi) is 5.50. The number of aliphatic hydroxyl groups excluding tert-OH is 1. The van der Waals surface area contributed by atoms with Crippen LogP contribution in [0.5, 0.6) is 0 Å². The number of hydrogen-bond acceptors (Lipinski definition) is 1. The lowest BCUT2D eigenvalue weighted by atomic mass is 10.1. The molecule has 3 rings (SSSR count). The van der Waals surface area contributed by atoms with Gasteiger partial charge in [-0.05, 0) is 29.8 Å². The molecule has 3 aromatic rings. The Balaban J connectivity index is 2.20. The van der Waals surface area contributed by atoms with Gasteiger partial charge in [-0.1, -0.05) is 66.7 Å². The summed E-state index contributed by atoms with van der Waals surface area (Å²) in [7, 11) is 5.02. The molecule has 0 bridgehead atoms. The fraction of sp³-hybridized carbons (Fsp3) is 0.143. The molecule has 0 aliphatic carbocycles. The third-order valence-corrected chi connectivity index (χ3v) is 8.29. The van der Waals surface area contributed by atoms with E-state index in [1.807, 2.05) is 54.6 Å². The molecule has 3 radical (unpaired) electrons. The van der Waals surface area contributed by atoms with Crippen molar-refractivity contribution in [2.45, 2.75) is 12.1 Å². The third kappa shape index (κ3) is 3.31. The van der Waals surface area contributed by atoms with E-state index in [9.17, 15) is 5.11 Å². The van der Waals surface area contributed by atoms with Crippen LogP contribution < -0.4 is 10.6 Å². The second kappa shape index (κ2) is 7.79. The van der Waals surface area contributed by atoms with Crippen LogP contribution in [0.1, 0.15) is 17.6 Å². The molecular formula is C21H21BOP. The summed E-state index contributed by atoms with van der Waals surface area (Å²) in [6, 6.07) is 31.0. The molecule has 0 saturated carbocycles. The van der Waals surface area contributed by atoms with Gasteiger partial charge in [0.2, 0.25) is 0 Å². The molecule has 0 spiro atoms.